The molecule has 0 radical (unpaired) electrons. The molecule has 3 heterocycles. The smallest absolute Gasteiger partial charge is 0.342 e. The highest BCUT2D eigenvalue weighted by Crippen LogP contribution is 2.31. The molecule has 0 spiro atoms. The highest BCUT2D eigenvalue weighted by Gasteiger charge is 2.30. The number of thiophene rings is 1. The Kier molecular flexibility index (Phi) is 4.77. The first-order valence-electron chi connectivity index (χ1n) is 8.81. The van der Waals surface area contributed by atoms with E-state index >= 15 is 0 Å². The molecule has 1 fully saturated rings. The number of carbonyl (C=O) groups is 2. The third-order valence-electron chi connectivity index (χ3n) is 4.41. The Labute approximate surface area is 167 Å². The van der Waals surface area contributed by atoms with Crippen molar-refractivity contribution in [2.24, 2.45) is 5.92 Å². The third-order valence-corrected chi connectivity index (χ3v) is 5.46. The van der Waals surface area contributed by atoms with Crippen LogP contribution in [0, 0.1) is 12.8 Å². The maximum Gasteiger partial charge on any atom is 0.405 e. The van der Waals surface area contributed by atoms with Crippen LogP contribution in [0.3, 0.4) is 0 Å². The summed E-state index contributed by atoms with van der Waals surface area (Å²) in [7, 11) is 0. The van der Waals surface area contributed by atoms with E-state index in [2.05, 4.69) is 15.3 Å². The summed E-state index contributed by atoms with van der Waals surface area (Å²) in [5.41, 5.74) is 1.72. The van der Waals surface area contributed by atoms with Crippen LogP contribution in [0.25, 0.3) is 16.9 Å². The topological polar surface area (TPSA) is 88.4 Å². The molecule has 3 aromatic rings. The number of halogens is 3. The van der Waals surface area contributed by atoms with E-state index in [1.165, 1.54) is 12.3 Å². The van der Waals surface area contributed by atoms with E-state index in [0.29, 0.717) is 22.7 Å². The monoisotopic (exact) mass is 423 g/mol. The first kappa shape index (κ1) is 19.4. The molecular weight excluding hydrogens is 407 g/mol. The number of anilines is 1. The van der Waals surface area contributed by atoms with E-state index in [1.54, 1.807) is 23.7 Å². The van der Waals surface area contributed by atoms with E-state index < -0.39 is 18.6 Å². The molecule has 11 heteroatoms. The lowest BCUT2D eigenvalue weighted by atomic mass is 10.2. The molecule has 0 saturated heterocycles. The number of hydrogen-bond donors (Lipinski definition) is 2. The van der Waals surface area contributed by atoms with Gasteiger partial charge in [0.1, 0.15) is 6.54 Å². The fourth-order valence-corrected chi connectivity index (χ4v) is 3.73. The number of amides is 2. The average molecular weight is 423 g/mol. The van der Waals surface area contributed by atoms with E-state index in [0.717, 1.165) is 29.1 Å². The Morgan fingerprint density at radius 1 is 1.31 bits per heavy atom. The van der Waals surface area contributed by atoms with Crippen molar-refractivity contribution in [1.29, 1.82) is 0 Å². The molecule has 2 N–H and O–H groups in total. The van der Waals surface area contributed by atoms with Crippen molar-refractivity contribution in [2.45, 2.75) is 25.9 Å². The Morgan fingerprint density at radius 3 is 2.76 bits per heavy atom. The second-order valence-electron chi connectivity index (χ2n) is 6.81. The zero-order valence-corrected chi connectivity index (χ0v) is 16.0. The summed E-state index contributed by atoms with van der Waals surface area (Å²) >= 11 is 1.10. The minimum atomic E-state index is -4.47. The van der Waals surface area contributed by atoms with E-state index in [4.69, 9.17) is 0 Å². The first-order valence-corrected chi connectivity index (χ1v) is 9.62. The van der Waals surface area contributed by atoms with Gasteiger partial charge in [-0.2, -0.15) is 13.2 Å². The molecule has 2 amide bonds. The molecule has 0 bridgehead atoms. The number of carbonyl (C=O) groups excluding carboxylic acids is 2. The Balaban J connectivity index is 1.55. The normalized spacial score (nSPS) is 14.2. The van der Waals surface area contributed by atoms with Gasteiger partial charge >= 0.3 is 6.18 Å². The largest absolute Gasteiger partial charge is 0.405 e. The number of aryl methyl sites for hydroxylation is 1. The SMILES string of the molecule is Cc1sc(C(=O)NCC(F)(F)F)cc1-c1cn2cc(NC(=O)C3CC3)nc2cn1. The Hall–Kier alpha value is -2.95. The van der Waals surface area contributed by atoms with Crippen molar-refractivity contribution < 1.29 is 22.8 Å². The predicted molar refractivity (Wildman–Crippen MR) is 101 cm³/mol. The van der Waals surface area contributed by atoms with E-state index in [9.17, 15) is 22.8 Å². The van der Waals surface area contributed by atoms with Gasteiger partial charge in [0, 0.05) is 22.6 Å². The van der Waals surface area contributed by atoms with E-state index in [1.807, 2.05) is 5.32 Å². The molecule has 0 aromatic carbocycles. The van der Waals surface area contributed by atoms with Gasteiger partial charge in [0.05, 0.1) is 23.0 Å². The Morgan fingerprint density at radius 2 is 2.07 bits per heavy atom. The third kappa shape index (κ3) is 4.39. The fourth-order valence-electron chi connectivity index (χ4n) is 2.79. The Bertz CT molecular complexity index is 1100. The van der Waals surface area contributed by atoms with Crippen molar-refractivity contribution in [3.63, 3.8) is 0 Å². The lowest BCUT2D eigenvalue weighted by molar-refractivity contribution is -0.123. The number of fused-ring (bicyclic) bond motifs is 1. The van der Waals surface area contributed by atoms with Gasteiger partial charge in [-0.3, -0.25) is 14.6 Å². The summed E-state index contributed by atoms with van der Waals surface area (Å²) in [4.78, 5) is 33.4. The lowest BCUT2D eigenvalue weighted by Gasteiger charge is -2.06. The summed E-state index contributed by atoms with van der Waals surface area (Å²) in [6, 6.07) is 1.52. The van der Waals surface area contributed by atoms with Gasteiger partial charge in [0.25, 0.3) is 5.91 Å². The number of alkyl halides is 3. The van der Waals surface area contributed by atoms with Crippen LogP contribution in [0.15, 0.2) is 24.7 Å². The molecule has 1 aliphatic rings. The molecule has 0 unspecified atom stereocenters. The molecule has 1 saturated carbocycles. The van der Waals surface area contributed by atoms with Crippen molar-refractivity contribution in [3.05, 3.63) is 34.4 Å². The zero-order chi connectivity index (χ0) is 20.8. The van der Waals surface area contributed by atoms with Gasteiger partial charge in [-0.1, -0.05) is 0 Å². The second kappa shape index (κ2) is 7.14. The molecule has 0 atom stereocenters. The highest BCUT2D eigenvalue weighted by atomic mass is 32.1. The van der Waals surface area contributed by atoms with Crippen LogP contribution in [0.5, 0.6) is 0 Å². The minimum Gasteiger partial charge on any atom is -0.342 e. The van der Waals surface area contributed by atoms with Crippen LogP contribution in [0.4, 0.5) is 19.0 Å². The van der Waals surface area contributed by atoms with E-state index in [-0.39, 0.29) is 16.7 Å². The highest BCUT2D eigenvalue weighted by molar-refractivity contribution is 7.14. The quantitative estimate of drug-likeness (QED) is 0.658. The molecule has 152 valence electrons. The van der Waals surface area contributed by atoms with Crippen LogP contribution in [0.1, 0.15) is 27.4 Å². The van der Waals surface area contributed by atoms with Crippen LogP contribution in [-0.4, -0.2) is 38.9 Å². The standard InChI is InChI=1S/C18H16F3N5O2S/c1-9-11(4-13(29-9)17(28)23-8-18(19,20)21)12-6-26-7-14(24-15(26)5-22-12)25-16(27)10-2-3-10/h4-7,10H,2-3,8H2,1H3,(H,23,28)(H,25,27). The van der Waals surface area contributed by atoms with Crippen LogP contribution < -0.4 is 10.6 Å². The number of nitrogens with zero attached hydrogens (tertiary/aromatic N) is 3. The van der Waals surface area contributed by atoms with Crippen LogP contribution >= 0.6 is 11.3 Å². The maximum atomic E-state index is 12.3. The molecule has 7 nitrogen and oxygen atoms in total. The van der Waals surface area contributed by atoms with Gasteiger partial charge in [-0.15, -0.1) is 11.3 Å². The van der Waals surface area contributed by atoms with Gasteiger partial charge < -0.3 is 15.0 Å². The summed E-state index contributed by atoms with van der Waals surface area (Å²) in [6.07, 6.45) is 2.21. The van der Waals surface area contributed by atoms with Crippen LogP contribution in [-0.2, 0) is 4.79 Å². The van der Waals surface area contributed by atoms with Crippen molar-refractivity contribution in [3.8, 4) is 11.3 Å². The average Bonchev–Trinajstić information content (AvgIpc) is 3.32. The first-order chi connectivity index (χ1) is 13.7. The van der Waals surface area contributed by atoms with Gasteiger partial charge in [0.2, 0.25) is 5.91 Å². The number of rotatable bonds is 5. The molecule has 29 heavy (non-hydrogen) atoms. The minimum absolute atomic E-state index is 0.0511. The number of nitrogens with one attached hydrogen (secondary N) is 2. The molecule has 1 aliphatic carbocycles. The number of aromatic nitrogens is 3. The molecule has 4 rings (SSSR count). The number of hydrogen-bond acceptors (Lipinski definition) is 5. The molecule has 0 aliphatic heterocycles. The van der Waals surface area contributed by atoms with Crippen LogP contribution in [0.2, 0.25) is 0 Å². The summed E-state index contributed by atoms with van der Waals surface area (Å²) < 4.78 is 38.6. The summed E-state index contributed by atoms with van der Waals surface area (Å²) in [5.74, 6) is -0.348. The maximum absolute atomic E-state index is 12.3. The molecule has 3 aromatic heterocycles. The lowest BCUT2D eigenvalue weighted by Crippen LogP contribution is -2.33. The van der Waals surface area contributed by atoms with Crippen molar-refractivity contribution in [1.82, 2.24) is 19.7 Å². The van der Waals surface area contributed by atoms with Gasteiger partial charge in [0.15, 0.2) is 11.5 Å². The summed E-state index contributed by atoms with van der Waals surface area (Å²) in [6.45, 7) is 0.383. The zero-order valence-electron chi connectivity index (χ0n) is 15.2. The summed E-state index contributed by atoms with van der Waals surface area (Å²) in [5, 5.41) is 4.63. The fraction of sp³-hybridized carbons (Fsp3) is 0.333. The van der Waals surface area contributed by atoms with Crippen molar-refractivity contribution >= 4 is 34.6 Å². The second-order valence-corrected chi connectivity index (χ2v) is 8.06. The predicted octanol–water partition coefficient (Wildman–Crippen LogP) is 3.41. The molecular formula is C18H16F3N5O2S. The number of imidazole rings is 1. The van der Waals surface area contributed by atoms with Gasteiger partial charge in [-0.25, -0.2) is 4.98 Å². The van der Waals surface area contributed by atoms with Gasteiger partial charge in [-0.05, 0) is 25.8 Å². The van der Waals surface area contributed by atoms with Crippen molar-refractivity contribution in [2.75, 3.05) is 11.9 Å².